The van der Waals surface area contributed by atoms with Crippen LogP contribution in [0.5, 0.6) is 11.5 Å². The van der Waals surface area contributed by atoms with E-state index in [2.05, 4.69) is 46.4 Å². The van der Waals surface area contributed by atoms with E-state index in [0.717, 1.165) is 35.8 Å². The molecular weight excluding hydrogens is 386 g/mol. The summed E-state index contributed by atoms with van der Waals surface area (Å²) >= 11 is 0. The van der Waals surface area contributed by atoms with Gasteiger partial charge in [-0.25, -0.2) is 0 Å². The predicted octanol–water partition coefficient (Wildman–Crippen LogP) is 5.20. The molecule has 3 aromatic rings. The largest absolute Gasteiger partial charge is 0.493 e. The summed E-state index contributed by atoms with van der Waals surface area (Å²) in [7, 11) is 5.37. The van der Waals surface area contributed by atoms with Gasteiger partial charge in [0.1, 0.15) is 0 Å². The second-order valence-corrected chi connectivity index (χ2v) is 8.22. The van der Waals surface area contributed by atoms with Gasteiger partial charge in [-0.15, -0.1) is 0 Å². The van der Waals surface area contributed by atoms with Crippen molar-refractivity contribution < 1.29 is 9.47 Å². The Kier molecular flexibility index (Phi) is 7.63. The Hall–Kier alpha value is -2.50. The number of likely N-dealkylation sites (tertiary alicyclic amines) is 1. The quantitative estimate of drug-likeness (QED) is 0.549. The predicted molar refractivity (Wildman–Crippen MR) is 131 cm³/mol. The molecule has 5 nitrogen and oxygen atoms in total. The van der Waals surface area contributed by atoms with Gasteiger partial charge in [0.05, 0.1) is 14.2 Å². The topological polar surface area (TPSA) is 49.5 Å². The number of piperidine rings is 1. The van der Waals surface area contributed by atoms with Gasteiger partial charge in [-0.2, -0.15) is 0 Å². The van der Waals surface area contributed by atoms with Gasteiger partial charge < -0.3 is 24.7 Å². The van der Waals surface area contributed by atoms with E-state index < -0.39 is 0 Å². The number of fused-ring (bicyclic) bond motifs is 1. The van der Waals surface area contributed by atoms with Crippen LogP contribution in [0.2, 0.25) is 0 Å². The number of H-pyrrole nitrogens is 1. The molecule has 2 aromatic carbocycles. The molecule has 0 bridgehead atoms. The molecule has 4 rings (SSSR count). The molecule has 0 unspecified atom stereocenters. The van der Waals surface area contributed by atoms with Crippen LogP contribution in [-0.4, -0.2) is 57.3 Å². The Morgan fingerprint density at radius 1 is 1.03 bits per heavy atom. The first-order valence-corrected chi connectivity index (χ1v) is 10.9. The number of aromatic nitrogens is 1. The minimum absolute atomic E-state index is 0. The van der Waals surface area contributed by atoms with Crippen molar-refractivity contribution in [3.8, 4) is 22.8 Å². The van der Waals surface area contributed by atoms with Crippen LogP contribution in [0.25, 0.3) is 22.2 Å². The van der Waals surface area contributed by atoms with E-state index in [-0.39, 0.29) is 7.43 Å². The molecule has 0 atom stereocenters. The maximum absolute atomic E-state index is 5.50. The molecule has 1 fully saturated rings. The normalized spacial score (nSPS) is 15.1. The van der Waals surface area contributed by atoms with Gasteiger partial charge in [0.15, 0.2) is 11.5 Å². The Bertz CT molecular complexity index is 1000. The number of nitrogens with zero attached hydrogens (tertiary/aromatic N) is 1. The van der Waals surface area contributed by atoms with Crippen molar-refractivity contribution in [3.05, 3.63) is 47.5 Å². The number of methoxy groups -OCH3 is 2. The number of ether oxygens (including phenoxy) is 2. The van der Waals surface area contributed by atoms with E-state index in [9.17, 15) is 0 Å². The summed E-state index contributed by atoms with van der Waals surface area (Å²) in [5.74, 6) is 2.15. The Labute approximate surface area is 186 Å². The molecular formula is C26H37N3O2. The lowest BCUT2D eigenvalue weighted by Gasteiger charge is -2.32. The van der Waals surface area contributed by atoms with Crippen molar-refractivity contribution in [2.75, 3.05) is 47.4 Å². The fourth-order valence-corrected chi connectivity index (χ4v) is 4.64. The molecule has 1 aliphatic heterocycles. The van der Waals surface area contributed by atoms with E-state index in [1.165, 1.54) is 48.0 Å². The van der Waals surface area contributed by atoms with Crippen LogP contribution in [0.3, 0.4) is 0 Å². The van der Waals surface area contributed by atoms with Crippen LogP contribution < -0.4 is 14.8 Å². The monoisotopic (exact) mass is 423 g/mol. The molecule has 168 valence electrons. The highest BCUT2D eigenvalue weighted by molar-refractivity contribution is 5.91. The van der Waals surface area contributed by atoms with Gasteiger partial charge in [0.2, 0.25) is 0 Å². The minimum atomic E-state index is 0. The van der Waals surface area contributed by atoms with E-state index in [4.69, 9.17) is 9.47 Å². The number of hydrogen-bond acceptors (Lipinski definition) is 4. The van der Waals surface area contributed by atoms with Gasteiger partial charge in [0.25, 0.3) is 0 Å². The number of benzene rings is 2. The summed E-state index contributed by atoms with van der Waals surface area (Å²) in [5, 5.41) is 4.57. The highest BCUT2D eigenvalue weighted by Gasteiger charge is 2.21. The van der Waals surface area contributed by atoms with E-state index in [0.29, 0.717) is 5.92 Å². The van der Waals surface area contributed by atoms with Crippen molar-refractivity contribution in [2.24, 2.45) is 0 Å². The van der Waals surface area contributed by atoms with E-state index >= 15 is 0 Å². The lowest BCUT2D eigenvalue weighted by Crippen LogP contribution is -2.37. The molecule has 1 saturated heterocycles. The van der Waals surface area contributed by atoms with Gasteiger partial charge >= 0.3 is 0 Å². The average Bonchev–Trinajstić information content (AvgIpc) is 3.13. The molecule has 0 saturated carbocycles. The van der Waals surface area contributed by atoms with E-state index in [1.54, 1.807) is 14.2 Å². The molecule has 1 aliphatic rings. The summed E-state index contributed by atoms with van der Waals surface area (Å²) in [6, 6.07) is 13.0. The third-order valence-electron chi connectivity index (χ3n) is 6.49. The lowest BCUT2D eigenvalue weighted by molar-refractivity contribution is 0.214. The van der Waals surface area contributed by atoms with Gasteiger partial charge in [-0.3, -0.25) is 0 Å². The second-order valence-electron chi connectivity index (χ2n) is 8.22. The Morgan fingerprint density at radius 3 is 2.45 bits per heavy atom. The summed E-state index contributed by atoms with van der Waals surface area (Å²) in [6.07, 6.45) is 2.47. The third-order valence-corrected chi connectivity index (χ3v) is 6.49. The zero-order chi connectivity index (χ0) is 21.1. The number of rotatable bonds is 7. The van der Waals surface area contributed by atoms with Gasteiger partial charge in [0, 0.05) is 35.2 Å². The number of likely N-dealkylation sites (N-methyl/N-ethyl adjacent to an activating group) is 1. The van der Waals surface area contributed by atoms with Crippen molar-refractivity contribution in [2.45, 2.75) is 33.1 Å². The number of hydrogen-bond donors (Lipinski definition) is 2. The number of nitrogens with one attached hydrogen (secondary N) is 2. The molecule has 0 spiro atoms. The van der Waals surface area contributed by atoms with Crippen LogP contribution in [0.1, 0.15) is 37.3 Å². The van der Waals surface area contributed by atoms with Crippen LogP contribution in [-0.2, 0) is 0 Å². The highest BCUT2D eigenvalue weighted by atomic mass is 16.5. The maximum Gasteiger partial charge on any atom is 0.161 e. The smallest absolute Gasteiger partial charge is 0.161 e. The number of aryl methyl sites for hydroxylation is 1. The maximum atomic E-state index is 5.50. The third kappa shape index (κ3) is 4.73. The Balaban J connectivity index is 0.00000272. The molecule has 31 heavy (non-hydrogen) atoms. The molecule has 5 heteroatoms. The highest BCUT2D eigenvalue weighted by Crippen LogP contribution is 2.37. The zero-order valence-electron chi connectivity index (χ0n) is 18.5. The SMILES string of the molecule is C.CNCCN1CCC(c2ccc3[nH]c(-c4ccc(OC)c(OC)c4)c(C)c3c2)CC1. The minimum Gasteiger partial charge on any atom is -0.493 e. The van der Waals surface area contributed by atoms with Crippen LogP contribution in [0.15, 0.2) is 36.4 Å². The fraction of sp³-hybridized carbons (Fsp3) is 0.462. The summed E-state index contributed by atoms with van der Waals surface area (Å²) in [6.45, 7) is 6.79. The Morgan fingerprint density at radius 2 is 1.77 bits per heavy atom. The van der Waals surface area contributed by atoms with Gasteiger partial charge in [-0.05, 0) is 87.3 Å². The van der Waals surface area contributed by atoms with Crippen LogP contribution in [0.4, 0.5) is 0 Å². The first-order valence-electron chi connectivity index (χ1n) is 10.9. The molecule has 2 heterocycles. The van der Waals surface area contributed by atoms with Gasteiger partial charge in [-0.1, -0.05) is 13.5 Å². The molecule has 0 aliphatic carbocycles. The van der Waals surface area contributed by atoms with Crippen LogP contribution >= 0.6 is 0 Å². The average molecular weight is 424 g/mol. The van der Waals surface area contributed by atoms with Crippen molar-refractivity contribution in [1.29, 1.82) is 0 Å². The second kappa shape index (κ2) is 10.2. The standard InChI is InChI=1S/C25H33N3O2.CH4/c1-17-21-15-19(18-9-12-28(13-10-18)14-11-26-2)5-7-22(21)27-25(17)20-6-8-23(29-3)24(16-20)30-4;/h5-8,15-16,18,26-27H,9-14H2,1-4H3;1H4. The van der Waals surface area contributed by atoms with Crippen molar-refractivity contribution in [3.63, 3.8) is 0 Å². The molecule has 1 aromatic heterocycles. The first-order chi connectivity index (χ1) is 14.6. The van der Waals surface area contributed by atoms with Crippen LogP contribution in [0, 0.1) is 6.92 Å². The van der Waals surface area contributed by atoms with Crippen molar-refractivity contribution >= 4 is 10.9 Å². The fourth-order valence-electron chi connectivity index (χ4n) is 4.64. The first kappa shape index (κ1) is 23.2. The van der Waals surface area contributed by atoms with E-state index in [1.807, 2.05) is 19.2 Å². The zero-order valence-corrected chi connectivity index (χ0v) is 18.5. The summed E-state index contributed by atoms with van der Waals surface area (Å²) in [5.41, 5.74) is 6.19. The molecule has 0 radical (unpaired) electrons. The molecule has 2 N–H and O–H groups in total. The number of aromatic amines is 1. The lowest BCUT2D eigenvalue weighted by atomic mass is 9.88. The summed E-state index contributed by atoms with van der Waals surface area (Å²) < 4.78 is 10.9. The van der Waals surface area contributed by atoms with Crippen molar-refractivity contribution in [1.82, 2.24) is 15.2 Å². The summed E-state index contributed by atoms with van der Waals surface area (Å²) in [4.78, 5) is 6.19. The molecule has 0 amide bonds.